The molecular formula is C11H20N2. The van der Waals surface area contributed by atoms with E-state index in [0.29, 0.717) is 6.54 Å². The van der Waals surface area contributed by atoms with Crippen LogP contribution in [0.25, 0.3) is 0 Å². The molecule has 1 aromatic heterocycles. The second-order valence-corrected chi connectivity index (χ2v) is 3.46. The normalized spacial score (nSPS) is 10.6. The Kier molecular flexibility index (Phi) is 4.61. The molecule has 1 aromatic rings. The van der Waals surface area contributed by atoms with Crippen molar-refractivity contribution < 1.29 is 0 Å². The number of rotatable bonds is 6. The Morgan fingerprint density at radius 1 is 1.31 bits per heavy atom. The molecule has 0 amide bonds. The van der Waals surface area contributed by atoms with E-state index in [4.69, 9.17) is 5.73 Å². The fraction of sp³-hybridized carbons (Fsp3) is 0.636. The lowest BCUT2D eigenvalue weighted by molar-refractivity contribution is 0.570. The first-order valence-corrected chi connectivity index (χ1v) is 5.22. The van der Waals surface area contributed by atoms with Gasteiger partial charge in [0.2, 0.25) is 0 Å². The Morgan fingerprint density at radius 2 is 2.15 bits per heavy atom. The molecular weight excluding hydrogens is 160 g/mol. The quantitative estimate of drug-likeness (QED) is 0.670. The molecule has 0 spiro atoms. The minimum absolute atomic E-state index is 0.654. The maximum Gasteiger partial charge on any atom is 0.0334 e. The van der Waals surface area contributed by atoms with Crippen molar-refractivity contribution in [2.24, 2.45) is 5.73 Å². The van der Waals surface area contributed by atoms with Crippen molar-refractivity contribution in [1.82, 2.24) is 4.57 Å². The zero-order chi connectivity index (χ0) is 9.52. The molecule has 74 valence electrons. The summed E-state index contributed by atoms with van der Waals surface area (Å²) in [6, 6.07) is 4.17. The van der Waals surface area contributed by atoms with Gasteiger partial charge in [0.1, 0.15) is 0 Å². The van der Waals surface area contributed by atoms with Crippen LogP contribution in [0.5, 0.6) is 0 Å². The van der Waals surface area contributed by atoms with Gasteiger partial charge in [0.15, 0.2) is 0 Å². The standard InChI is InChI=1S/C11H20N2/c1-2-3-4-5-8-13-9-6-7-11(13)10-12/h6-7,9H,2-5,8,10,12H2,1H3. The topological polar surface area (TPSA) is 30.9 Å². The zero-order valence-electron chi connectivity index (χ0n) is 8.50. The van der Waals surface area contributed by atoms with Gasteiger partial charge in [-0.1, -0.05) is 26.2 Å². The summed E-state index contributed by atoms with van der Waals surface area (Å²) in [4.78, 5) is 0. The average molecular weight is 180 g/mol. The predicted molar refractivity (Wildman–Crippen MR) is 56.5 cm³/mol. The molecule has 0 aliphatic heterocycles. The summed E-state index contributed by atoms with van der Waals surface area (Å²) in [6.45, 7) is 4.02. The predicted octanol–water partition coefficient (Wildman–Crippen LogP) is 2.53. The van der Waals surface area contributed by atoms with Crippen LogP contribution < -0.4 is 5.73 Å². The minimum atomic E-state index is 0.654. The minimum Gasteiger partial charge on any atom is -0.350 e. The Hall–Kier alpha value is -0.760. The lowest BCUT2D eigenvalue weighted by Gasteiger charge is -2.06. The van der Waals surface area contributed by atoms with Crippen LogP contribution >= 0.6 is 0 Å². The highest BCUT2D eigenvalue weighted by atomic mass is 15.0. The van der Waals surface area contributed by atoms with Crippen LogP contribution in [0.1, 0.15) is 38.3 Å². The first-order chi connectivity index (χ1) is 6.38. The third-order valence-corrected chi connectivity index (χ3v) is 2.39. The number of aromatic nitrogens is 1. The summed E-state index contributed by atoms with van der Waals surface area (Å²) in [5.74, 6) is 0. The number of nitrogens with zero attached hydrogens (tertiary/aromatic N) is 1. The molecule has 2 heteroatoms. The fourth-order valence-electron chi connectivity index (χ4n) is 1.56. The zero-order valence-corrected chi connectivity index (χ0v) is 8.50. The number of nitrogens with two attached hydrogens (primary N) is 1. The molecule has 1 rings (SSSR count). The third kappa shape index (κ3) is 3.23. The van der Waals surface area contributed by atoms with Gasteiger partial charge in [-0.2, -0.15) is 0 Å². The van der Waals surface area contributed by atoms with Gasteiger partial charge in [0.25, 0.3) is 0 Å². The molecule has 2 N–H and O–H groups in total. The second kappa shape index (κ2) is 5.81. The van der Waals surface area contributed by atoms with E-state index in [1.807, 2.05) is 0 Å². The number of hydrogen-bond acceptors (Lipinski definition) is 1. The van der Waals surface area contributed by atoms with Gasteiger partial charge >= 0.3 is 0 Å². The molecule has 0 atom stereocenters. The van der Waals surface area contributed by atoms with Crippen LogP contribution in [-0.4, -0.2) is 4.57 Å². The van der Waals surface area contributed by atoms with Crippen LogP contribution in [0.4, 0.5) is 0 Å². The van der Waals surface area contributed by atoms with Crippen molar-refractivity contribution in [3.8, 4) is 0 Å². The van der Waals surface area contributed by atoms with Crippen molar-refractivity contribution in [2.75, 3.05) is 0 Å². The van der Waals surface area contributed by atoms with Gasteiger partial charge in [-0.05, 0) is 18.6 Å². The van der Waals surface area contributed by atoms with E-state index in [2.05, 4.69) is 29.8 Å². The maximum atomic E-state index is 5.60. The van der Waals surface area contributed by atoms with Gasteiger partial charge in [-0.15, -0.1) is 0 Å². The monoisotopic (exact) mass is 180 g/mol. The molecule has 0 radical (unpaired) electrons. The van der Waals surface area contributed by atoms with E-state index in [0.717, 1.165) is 6.54 Å². The molecule has 0 aromatic carbocycles. The summed E-state index contributed by atoms with van der Waals surface area (Å²) >= 11 is 0. The van der Waals surface area contributed by atoms with Crippen LogP contribution in [0.15, 0.2) is 18.3 Å². The Morgan fingerprint density at radius 3 is 2.85 bits per heavy atom. The summed E-state index contributed by atoms with van der Waals surface area (Å²) in [5, 5.41) is 0. The van der Waals surface area contributed by atoms with E-state index < -0.39 is 0 Å². The Bertz CT molecular complexity index is 228. The van der Waals surface area contributed by atoms with Crippen molar-refractivity contribution in [2.45, 2.75) is 45.7 Å². The van der Waals surface area contributed by atoms with Crippen molar-refractivity contribution in [1.29, 1.82) is 0 Å². The van der Waals surface area contributed by atoms with E-state index in [9.17, 15) is 0 Å². The average Bonchev–Trinajstić information content (AvgIpc) is 2.60. The first-order valence-electron chi connectivity index (χ1n) is 5.22. The number of aryl methyl sites for hydroxylation is 1. The molecule has 13 heavy (non-hydrogen) atoms. The largest absolute Gasteiger partial charge is 0.350 e. The number of unbranched alkanes of at least 4 members (excludes halogenated alkanes) is 3. The van der Waals surface area contributed by atoms with Crippen LogP contribution in [-0.2, 0) is 13.1 Å². The highest BCUT2D eigenvalue weighted by Crippen LogP contribution is 2.05. The van der Waals surface area contributed by atoms with Gasteiger partial charge in [0.05, 0.1) is 0 Å². The molecule has 0 unspecified atom stereocenters. The lowest BCUT2D eigenvalue weighted by atomic mass is 10.2. The smallest absolute Gasteiger partial charge is 0.0334 e. The van der Waals surface area contributed by atoms with Crippen molar-refractivity contribution >= 4 is 0 Å². The molecule has 1 heterocycles. The van der Waals surface area contributed by atoms with Gasteiger partial charge in [-0.3, -0.25) is 0 Å². The van der Waals surface area contributed by atoms with Crippen LogP contribution in [0.2, 0.25) is 0 Å². The molecule has 0 aliphatic carbocycles. The summed E-state index contributed by atoms with van der Waals surface area (Å²) in [7, 11) is 0. The lowest BCUT2D eigenvalue weighted by Crippen LogP contribution is -2.06. The van der Waals surface area contributed by atoms with Crippen molar-refractivity contribution in [3.63, 3.8) is 0 Å². The summed E-state index contributed by atoms with van der Waals surface area (Å²) < 4.78 is 2.26. The molecule has 0 bridgehead atoms. The molecule has 2 nitrogen and oxygen atoms in total. The number of hydrogen-bond donors (Lipinski definition) is 1. The highest BCUT2D eigenvalue weighted by Gasteiger charge is 1.97. The molecule has 0 saturated heterocycles. The van der Waals surface area contributed by atoms with E-state index in [-0.39, 0.29) is 0 Å². The van der Waals surface area contributed by atoms with Crippen molar-refractivity contribution in [3.05, 3.63) is 24.0 Å². The highest BCUT2D eigenvalue weighted by molar-refractivity contribution is 5.06. The van der Waals surface area contributed by atoms with Gasteiger partial charge in [0, 0.05) is 25.0 Å². The maximum absolute atomic E-state index is 5.60. The molecule has 0 aliphatic rings. The van der Waals surface area contributed by atoms with Gasteiger partial charge < -0.3 is 10.3 Å². The van der Waals surface area contributed by atoms with Gasteiger partial charge in [-0.25, -0.2) is 0 Å². The van der Waals surface area contributed by atoms with E-state index in [1.54, 1.807) is 0 Å². The molecule has 0 fully saturated rings. The SMILES string of the molecule is CCCCCCn1cccc1CN. The molecule has 0 saturated carbocycles. The van der Waals surface area contributed by atoms with Crippen LogP contribution in [0, 0.1) is 0 Å². The Labute approximate surface area is 80.7 Å². The summed E-state index contributed by atoms with van der Waals surface area (Å²) in [5.41, 5.74) is 6.85. The summed E-state index contributed by atoms with van der Waals surface area (Å²) in [6.07, 6.45) is 7.37. The second-order valence-electron chi connectivity index (χ2n) is 3.46. The first kappa shape index (κ1) is 10.3. The Balaban J connectivity index is 2.27. The third-order valence-electron chi connectivity index (χ3n) is 2.39. The fourth-order valence-corrected chi connectivity index (χ4v) is 1.56. The van der Waals surface area contributed by atoms with E-state index >= 15 is 0 Å². The van der Waals surface area contributed by atoms with Crippen LogP contribution in [0.3, 0.4) is 0 Å². The van der Waals surface area contributed by atoms with E-state index in [1.165, 1.54) is 31.4 Å².